The van der Waals surface area contributed by atoms with E-state index in [0.717, 1.165) is 10.2 Å². The van der Waals surface area contributed by atoms with E-state index < -0.39 is 0 Å². The lowest BCUT2D eigenvalue weighted by atomic mass is 10.4. The molecule has 2 amide bonds. The molecule has 0 atom stereocenters. The largest absolute Gasteiger partial charge is 0.452 e. The van der Waals surface area contributed by atoms with E-state index in [9.17, 15) is 4.79 Å². The van der Waals surface area contributed by atoms with Crippen molar-refractivity contribution in [1.82, 2.24) is 15.5 Å². The number of carbonyl (C=O) groups excluding carboxylic acids is 1. The molecule has 0 unspecified atom stereocenters. The fraction of sp³-hybridized carbons (Fsp3) is 0.500. The third kappa shape index (κ3) is 5.10. The lowest BCUT2D eigenvalue weighted by molar-refractivity contribution is 0.217. The first kappa shape index (κ1) is 14.5. The Morgan fingerprint density at radius 3 is 2.65 bits per heavy atom. The van der Waals surface area contributed by atoms with Gasteiger partial charge in [-0.1, -0.05) is 0 Å². The molecule has 0 aliphatic carbocycles. The zero-order chi connectivity index (χ0) is 12.8. The lowest BCUT2D eigenvalue weighted by Gasteiger charge is -2.11. The lowest BCUT2D eigenvalue weighted by Crippen LogP contribution is -2.38. The summed E-state index contributed by atoms with van der Waals surface area (Å²) < 4.78 is 6.98. The van der Waals surface area contributed by atoms with E-state index >= 15 is 0 Å². The Labute approximate surface area is 117 Å². The van der Waals surface area contributed by atoms with Crippen molar-refractivity contribution in [3.63, 3.8) is 0 Å². The molecule has 0 aliphatic rings. The van der Waals surface area contributed by atoms with Gasteiger partial charge in [-0.3, -0.25) is 0 Å². The number of halogens is 2. The molecule has 0 aliphatic heterocycles. The number of carbonyl (C=O) groups is 1. The second kappa shape index (κ2) is 7.03. The van der Waals surface area contributed by atoms with Crippen molar-refractivity contribution in [2.45, 2.75) is 6.54 Å². The Balaban J connectivity index is 2.14. The number of amides is 2. The van der Waals surface area contributed by atoms with E-state index in [-0.39, 0.29) is 6.03 Å². The first-order valence-corrected chi connectivity index (χ1v) is 6.69. The van der Waals surface area contributed by atoms with Crippen molar-refractivity contribution in [2.75, 3.05) is 27.2 Å². The van der Waals surface area contributed by atoms with E-state index in [1.54, 1.807) is 14.1 Å². The van der Waals surface area contributed by atoms with Crippen LogP contribution in [0.1, 0.15) is 5.76 Å². The minimum absolute atomic E-state index is 0.0877. The number of hydrogen-bond acceptors (Lipinski definition) is 3. The fourth-order valence-corrected chi connectivity index (χ4v) is 1.76. The highest BCUT2D eigenvalue weighted by molar-refractivity contribution is 9.13. The maximum atomic E-state index is 11.2. The van der Waals surface area contributed by atoms with Crippen LogP contribution in [0, 0.1) is 0 Å². The Kier molecular flexibility index (Phi) is 6.01. The van der Waals surface area contributed by atoms with Gasteiger partial charge >= 0.3 is 6.03 Å². The zero-order valence-electron chi connectivity index (χ0n) is 9.72. The van der Waals surface area contributed by atoms with Crippen LogP contribution in [-0.2, 0) is 6.54 Å². The summed E-state index contributed by atoms with van der Waals surface area (Å²) in [4.78, 5) is 12.7. The zero-order valence-corrected chi connectivity index (χ0v) is 12.9. The first-order chi connectivity index (χ1) is 8.00. The molecule has 1 rings (SSSR count). The van der Waals surface area contributed by atoms with E-state index in [1.807, 2.05) is 6.07 Å². The predicted molar refractivity (Wildman–Crippen MR) is 72.9 cm³/mol. The van der Waals surface area contributed by atoms with Crippen molar-refractivity contribution in [3.8, 4) is 0 Å². The summed E-state index contributed by atoms with van der Waals surface area (Å²) in [5.74, 6) is 0.836. The average molecular weight is 369 g/mol. The van der Waals surface area contributed by atoms with Crippen LogP contribution in [-0.4, -0.2) is 38.1 Å². The van der Waals surface area contributed by atoms with Crippen molar-refractivity contribution in [3.05, 3.63) is 21.0 Å². The molecule has 1 aromatic heterocycles. The van der Waals surface area contributed by atoms with Crippen molar-refractivity contribution < 1.29 is 9.21 Å². The smallest absolute Gasteiger partial charge is 0.316 e. The average Bonchev–Trinajstić information content (AvgIpc) is 2.57. The van der Waals surface area contributed by atoms with Crippen LogP contribution in [0.3, 0.4) is 0 Å². The highest BCUT2D eigenvalue weighted by Crippen LogP contribution is 2.26. The molecule has 0 spiro atoms. The van der Waals surface area contributed by atoms with E-state index in [2.05, 4.69) is 42.5 Å². The highest BCUT2D eigenvalue weighted by atomic mass is 79.9. The summed E-state index contributed by atoms with van der Waals surface area (Å²) in [7, 11) is 3.42. The van der Waals surface area contributed by atoms with Gasteiger partial charge in [-0.15, -0.1) is 0 Å². The van der Waals surface area contributed by atoms with E-state index in [0.29, 0.717) is 24.3 Å². The van der Waals surface area contributed by atoms with Gasteiger partial charge < -0.3 is 20.0 Å². The minimum atomic E-state index is -0.0877. The summed E-state index contributed by atoms with van der Waals surface area (Å²) in [5, 5.41) is 5.93. The predicted octanol–water partition coefficient (Wildman–Crippen LogP) is 2.17. The Bertz CT molecular complexity index is 360. The maximum Gasteiger partial charge on any atom is 0.316 e. The molecular weight excluding hydrogens is 354 g/mol. The second-order valence-electron chi connectivity index (χ2n) is 3.64. The molecule has 0 fully saturated rings. The maximum absolute atomic E-state index is 11.2. The van der Waals surface area contributed by atoms with E-state index in [4.69, 9.17) is 4.42 Å². The molecule has 7 heteroatoms. The van der Waals surface area contributed by atoms with Crippen LogP contribution >= 0.6 is 31.9 Å². The summed E-state index contributed by atoms with van der Waals surface area (Å²) in [6.45, 7) is 1.90. The van der Waals surface area contributed by atoms with Gasteiger partial charge in [-0.05, 0) is 37.9 Å². The van der Waals surface area contributed by atoms with Crippen LogP contribution in [0.15, 0.2) is 19.6 Å². The molecule has 0 aromatic carbocycles. The van der Waals surface area contributed by atoms with Crippen LogP contribution in [0.4, 0.5) is 4.79 Å². The van der Waals surface area contributed by atoms with Gasteiger partial charge in [0, 0.05) is 27.2 Å². The third-order valence-corrected chi connectivity index (χ3v) is 3.69. The number of furan rings is 1. The Hall–Kier alpha value is -0.530. The number of nitrogens with one attached hydrogen (secondary N) is 2. The van der Waals surface area contributed by atoms with Gasteiger partial charge in [0.1, 0.15) is 5.76 Å². The van der Waals surface area contributed by atoms with Crippen molar-refractivity contribution in [2.24, 2.45) is 0 Å². The Morgan fingerprint density at radius 1 is 1.41 bits per heavy atom. The van der Waals surface area contributed by atoms with Gasteiger partial charge in [0.15, 0.2) is 4.67 Å². The highest BCUT2D eigenvalue weighted by Gasteiger charge is 2.05. The van der Waals surface area contributed by atoms with Gasteiger partial charge in [0.05, 0.1) is 11.0 Å². The van der Waals surface area contributed by atoms with Crippen LogP contribution in [0.5, 0.6) is 0 Å². The molecule has 0 saturated carbocycles. The van der Waals surface area contributed by atoms with Crippen molar-refractivity contribution >= 4 is 37.9 Å². The van der Waals surface area contributed by atoms with Gasteiger partial charge in [0.25, 0.3) is 0 Å². The fourth-order valence-electron chi connectivity index (χ4n) is 1.11. The van der Waals surface area contributed by atoms with E-state index in [1.165, 1.54) is 4.90 Å². The topological polar surface area (TPSA) is 57.5 Å². The summed E-state index contributed by atoms with van der Waals surface area (Å²) in [6.07, 6.45) is 0. The Morgan fingerprint density at radius 2 is 2.12 bits per heavy atom. The van der Waals surface area contributed by atoms with Crippen molar-refractivity contribution in [1.29, 1.82) is 0 Å². The second-order valence-corrected chi connectivity index (χ2v) is 5.21. The normalized spacial score (nSPS) is 10.4. The molecule has 1 heterocycles. The molecule has 0 bridgehead atoms. The van der Waals surface area contributed by atoms with Crippen LogP contribution in [0.25, 0.3) is 0 Å². The number of rotatable bonds is 5. The van der Waals surface area contributed by atoms with Crippen LogP contribution in [0.2, 0.25) is 0 Å². The number of urea groups is 1. The number of hydrogen-bond donors (Lipinski definition) is 2. The third-order valence-electron chi connectivity index (χ3n) is 1.98. The van der Waals surface area contributed by atoms with Crippen LogP contribution < -0.4 is 10.6 Å². The monoisotopic (exact) mass is 367 g/mol. The summed E-state index contributed by atoms with van der Waals surface area (Å²) in [5.41, 5.74) is 0. The molecule has 0 radical (unpaired) electrons. The number of nitrogens with zero attached hydrogens (tertiary/aromatic N) is 1. The van der Waals surface area contributed by atoms with Gasteiger partial charge in [-0.25, -0.2) is 4.79 Å². The summed E-state index contributed by atoms with van der Waals surface area (Å²) in [6, 6.07) is 1.81. The molecule has 0 saturated heterocycles. The molecule has 17 heavy (non-hydrogen) atoms. The van der Waals surface area contributed by atoms with Gasteiger partial charge in [0.2, 0.25) is 0 Å². The minimum Gasteiger partial charge on any atom is -0.452 e. The molecule has 1 aromatic rings. The summed E-state index contributed by atoms with van der Waals surface area (Å²) >= 11 is 6.61. The molecule has 2 N–H and O–H groups in total. The first-order valence-electron chi connectivity index (χ1n) is 5.10. The molecule has 96 valence electrons. The SMILES string of the molecule is CN(C)C(=O)NCCNCc1cc(Br)c(Br)o1. The molecular formula is C10H15Br2N3O2. The molecule has 5 nitrogen and oxygen atoms in total. The van der Waals surface area contributed by atoms with Gasteiger partial charge in [-0.2, -0.15) is 0 Å². The quantitative estimate of drug-likeness (QED) is 0.783. The standard InChI is InChI=1S/C10H15Br2N3O2/c1-15(2)10(16)14-4-3-13-6-7-5-8(11)9(12)17-7/h5,13H,3-4,6H2,1-2H3,(H,14,16).